The van der Waals surface area contributed by atoms with Gasteiger partial charge in [0.05, 0.1) is 10.6 Å². The van der Waals surface area contributed by atoms with E-state index in [4.69, 9.17) is 21.8 Å². The maximum absolute atomic E-state index is 10.8. The van der Waals surface area contributed by atoms with E-state index in [1.54, 1.807) is 66.9 Å². The number of hydrogen-bond donors (Lipinski definition) is 3. The standard InChI is InChI=1S/C12H9NO2S.C6H4ClNO.C6H6OS/c14-8-9-7-13-6-5-12(9)16-11-3-1-10(15)2-4-11;7-6-1-2-8-3-5(6)4-9;7-5-1-3-6(8)4-2-5/h1-8,15H;1-4H;1-4,7-8H. The number of phenols is 2. The molecule has 0 saturated heterocycles. The number of carbonyl (C=O) groups excluding carboxylic acids is 2. The predicted molar refractivity (Wildman–Crippen MR) is 132 cm³/mol. The lowest BCUT2D eigenvalue weighted by atomic mass is 10.3. The smallest absolute Gasteiger partial charge is 0.153 e. The minimum absolute atomic E-state index is 0.231. The van der Waals surface area contributed by atoms with Crippen LogP contribution in [-0.2, 0) is 0 Å². The highest BCUT2D eigenvalue weighted by atomic mass is 35.5. The molecule has 2 heterocycles. The van der Waals surface area contributed by atoms with Crippen LogP contribution >= 0.6 is 36.0 Å². The first-order valence-corrected chi connectivity index (χ1v) is 11.0. The molecular formula is C24H19ClN2O4S2. The lowest BCUT2D eigenvalue weighted by Crippen LogP contribution is -1.86. The summed E-state index contributed by atoms with van der Waals surface area (Å²) in [7, 11) is 0. The molecular weight excluding hydrogens is 480 g/mol. The molecule has 9 heteroatoms. The number of benzene rings is 2. The lowest BCUT2D eigenvalue weighted by Gasteiger charge is -2.03. The fourth-order valence-electron chi connectivity index (χ4n) is 2.15. The number of aldehydes is 2. The fraction of sp³-hybridized carbons (Fsp3) is 0. The van der Waals surface area contributed by atoms with Crippen LogP contribution in [0.5, 0.6) is 11.5 Å². The van der Waals surface area contributed by atoms with E-state index >= 15 is 0 Å². The van der Waals surface area contributed by atoms with Crippen molar-refractivity contribution in [3.05, 3.63) is 102 Å². The van der Waals surface area contributed by atoms with E-state index in [0.29, 0.717) is 22.4 Å². The highest BCUT2D eigenvalue weighted by molar-refractivity contribution is 7.99. The summed E-state index contributed by atoms with van der Waals surface area (Å²) in [6, 6.07) is 16.9. The van der Waals surface area contributed by atoms with E-state index in [-0.39, 0.29) is 11.5 Å². The largest absolute Gasteiger partial charge is 0.508 e. The van der Waals surface area contributed by atoms with Crippen molar-refractivity contribution in [3.8, 4) is 11.5 Å². The highest BCUT2D eigenvalue weighted by Crippen LogP contribution is 2.30. The Bertz CT molecular complexity index is 1150. The Morgan fingerprint density at radius 3 is 1.76 bits per heavy atom. The van der Waals surface area contributed by atoms with Gasteiger partial charge in [-0.2, -0.15) is 0 Å². The van der Waals surface area contributed by atoms with Crippen molar-refractivity contribution in [1.29, 1.82) is 0 Å². The molecule has 0 fully saturated rings. The molecule has 0 spiro atoms. The van der Waals surface area contributed by atoms with E-state index in [9.17, 15) is 9.59 Å². The topological polar surface area (TPSA) is 100 Å². The minimum atomic E-state index is 0.231. The van der Waals surface area contributed by atoms with Gasteiger partial charge in [0.2, 0.25) is 0 Å². The molecule has 2 aromatic carbocycles. The summed E-state index contributed by atoms with van der Waals surface area (Å²) in [4.78, 5) is 31.2. The summed E-state index contributed by atoms with van der Waals surface area (Å²) in [5.41, 5.74) is 1.000. The molecule has 4 aromatic rings. The number of carbonyl (C=O) groups is 2. The number of halogens is 1. The second-order valence-corrected chi connectivity index (χ2v) is 8.20. The number of aromatic nitrogens is 2. The van der Waals surface area contributed by atoms with E-state index in [1.165, 1.54) is 30.4 Å². The molecule has 168 valence electrons. The third-order valence-corrected chi connectivity index (χ3v) is 5.52. The quantitative estimate of drug-likeness (QED) is 0.235. The summed E-state index contributed by atoms with van der Waals surface area (Å²) in [6.07, 6.45) is 7.61. The van der Waals surface area contributed by atoms with E-state index in [1.807, 2.05) is 0 Å². The minimum Gasteiger partial charge on any atom is -0.508 e. The summed E-state index contributed by atoms with van der Waals surface area (Å²) in [5.74, 6) is 0.512. The Kier molecular flexibility index (Phi) is 11.0. The van der Waals surface area contributed by atoms with E-state index in [2.05, 4.69) is 22.6 Å². The van der Waals surface area contributed by atoms with Gasteiger partial charge in [-0.25, -0.2) is 0 Å². The van der Waals surface area contributed by atoms with Crippen molar-refractivity contribution >= 4 is 48.6 Å². The van der Waals surface area contributed by atoms with Crippen LogP contribution in [0.15, 0.2) is 100 Å². The van der Waals surface area contributed by atoms with Gasteiger partial charge in [0.25, 0.3) is 0 Å². The van der Waals surface area contributed by atoms with Gasteiger partial charge in [-0.1, -0.05) is 23.4 Å². The van der Waals surface area contributed by atoms with Gasteiger partial charge in [-0.05, 0) is 60.7 Å². The Labute approximate surface area is 205 Å². The maximum Gasteiger partial charge on any atom is 0.153 e. The number of aromatic hydroxyl groups is 2. The Balaban J connectivity index is 0.000000192. The van der Waals surface area contributed by atoms with Crippen molar-refractivity contribution in [2.24, 2.45) is 0 Å². The van der Waals surface area contributed by atoms with Crippen LogP contribution in [0, 0.1) is 0 Å². The summed E-state index contributed by atoms with van der Waals surface area (Å²) in [6.45, 7) is 0. The summed E-state index contributed by atoms with van der Waals surface area (Å²) < 4.78 is 0. The van der Waals surface area contributed by atoms with Crippen LogP contribution in [-0.4, -0.2) is 32.8 Å². The summed E-state index contributed by atoms with van der Waals surface area (Å²) in [5, 5.41) is 18.3. The van der Waals surface area contributed by atoms with Gasteiger partial charge in [0.15, 0.2) is 12.6 Å². The van der Waals surface area contributed by atoms with Gasteiger partial charge >= 0.3 is 0 Å². The second-order valence-electron chi connectivity index (χ2n) is 6.16. The third-order valence-electron chi connectivity index (χ3n) is 3.77. The molecule has 2 aromatic heterocycles. The predicted octanol–water partition coefficient (Wildman–Crippen LogP) is 5.98. The average molecular weight is 499 g/mol. The molecule has 0 radical (unpaired) electrons. The molecule has 0 saturated carbocycles. The Morgan fingerprint density at radius 2 is 1.27 bits per heavy atom. The molecule has 0 aliphatic rings. The van der Waals surface area contributed by atoms with Gasteiger partial charge in [0, 0.05) is 45.0 Å². The van der Waals surface area contributed by atoms with Gasteiger partial charge in [0.1, 0.15) is 11.5 Å². The maximum atomic E-state index is 10.8. The molecule has 0 atom stereocenters. The lowest BCUT2D eigenvalue weighted by molar-refractivity contribution is 0.111. The van der Waals surface area contributed by atoms with Crippen LogP contribution in [0.3, 0.4) is 0 Å². The molecule has 0 aliphatic heterocycles. The van der Waals surface area contributed by atoms with E-state index < -0.39 is 0 Å². The van der Waals surface area contributed by atoms with Crippen LogP contribution in [0.1, 0.15) is 20.7 Å². The van der Waals surface area contributed by atoms with Crippen molar-refractivity contribution in [3.63, 3.8) is 0 Å². The zero-order valence-corrected chi connectivity index (χ0v) is 19.5. The first-order valence-electron chi connectivity index (χ1n) is 9.31. The van der Waals surface area contributed by atoms with Gasteiger partial charge in [-0.3, -0.25) is 19.6 Å². The summed E-state index contributed by atoms with van der Waals surface area (Å²) >= 11 is 11.0. The van der Waals surface area contributed by atoms with Crippen LogP contribution < -0.4 is 0 Å². The normalized spacial score (nSPS) is 9.52. The number of rotatable bonds is 4. The number of nitrogens with zero attached hydrogens (tertiary/aromatic N) is 2. The number of thiol groups is 1. The Hall–Kier alpha value is -3.33. The van der Waals surface area contributed by atoms with Crippen LogP contribution in [0.2, 0.25) is 5.02 Å². The number of phenolic OH excluding ortho intramolecular Hbond substituents is 2. The van der Waals surface area contributed by atoms with Crippen molar-refractivity contribution < 1.29 is 19.8 Å². The molecule has 33 heavy (non-hydrogen) atoms. The average Bonchev–Trinajstić information content (AvgIpc) is 2.84. The molecule has 0 unspecified atom stereocenters. The van der Waals surface area contributed by atoms with Gasteiger partial charge < -0.3 is 10.2 Å². The third kappa shape index (κ3) is 9.36. The SMILES string of the molecule is O=Cc1cnccc1Cl.O=Cc1cnccc1Sc1ccc(O)cc1.Oc1ccc(S)cc1. The van der Waals surface area contributed by atoms with Crippen molar-refractivity contribution in [2.75, 3.05) is 0 Å². The Morgan fingerprint density at radius 1 is 0.758 bits per heavy atom. The highest BCUT2D eigenvalue weighted by Gasteiger charge is 2.03. The fourth-order valence-corrected chi connectivity index (χ4v) is 3.32. The van der Waals surface area contributed by atoms with Gasteiger partial charge in [-0.15, -0.1) is 12.6 Å². The molecule has 2 N–H and O–H groups in total. The first kappa shape index (κ1) is 25.9. The van der Waals surface area contributed by atoms with Crippen LogP contribution in [0.4, 0.5) is 0 Å². The number of pyridine rings is 2. The monoisotopic (exact) mass is 498 g/mol. The van der Waals surface area contributed by atoms with E-state index in [0.717, 1.165) is 21.0 Å². The van der Waals surface area contributed by atoms with Crippen molar-refractivity contribution in [2.45, 2.75) is 14.7 Å². The number of hydrogen-bond acceptors (Lipinski definition) is 8. The second kappa shape index (κ2) is 13.9. The zero-order valence-electron chi connectivity index (χ0n) is 17.1. The van der Waals surface area contributed by atoms with Crippen LogP contribution in [0.25, 0.3) is 0 Å². The molecule has 4 rings (SSSR count). The zero-order chi connectivity index (χ0) is 24.1. The first-order chi connectivity index (χ1) is 15.9. The molecule has 0 aliphatic carbocycles. The molecule has 0 bridgehead atoms. The molecule has 6 nitrogen and oxygen atoms in total. The van der Waals surface area contributed by atoms with Crippen molar-refractivity contribution in [1.82, 2.24) is 9.97 Å². The molecule has 0 amide bonds.